The molecule has 0 saturated heterocycles. The summed E-state index contributed by atoms with van der Waals surface area (Å²) in [5.74, 6) is 0. The van der Waals surface area contributed by atoms with Gasteiger partial charge >= 0.3 is 0 Å². The van der Waals surface area contributed by atoms with Crippen molar-refractivity contribution < 1.29 is 12.4 Å². The third kappa shape index (κ3) is 18.7. The van der Waals surface area contributed by atoms with E-state index < -0.39 is 7.26 Å². The number of halogens is 1. The van der Waals surface area contributed by atoms with E-state index in [1.807, 2.05) is 0 Å². The predicted molar refractivity (Wildman–Crippen MR) is 132 cm³/mol. The minimum atomic E-state index is -0.626. The molecule has 0 rings (SSSR count). The molecule has 0 radical (unpaired) electrons. The van der Waals surface area contributed by atoms with Crippen molar-refractivity contribution >= 4 is 7.26 Å². The molecule has 0 unspecified atom stereocenters. The first-order valence-corrected chi connectivity index (χ1v) is 15.6. The molecule has 0 amide bonds. The Hall–Kier alpha value is 0.720. The molecule has 0 nitrogen and oxygen atoms in total. The molecule has 0 aliphatic rings. The molecule has 28 heavy (non-hydrogen) atoms. The van der Waals surface area contributed by atoms with E-state index in [-0.39, 0.29) is 12.4 Å². The molecule has 0 heterocycles. The maximum absolute atomic E-state index is 2.39. The summed E-state index contributed by atoms with van der Waals surface area (Å²) < 4.78 is 0. The van der Waals surface area contributed by atoms with Crippen molar-refractivity contribution in [2.24, 2.45) is 0 Å². The molecule has 0 N–H and O–H groups in total. The third-order valence-electron chi connectivity index (χ3n) is 6.44. The summed E-state index contributed by atoms with van der Waals surface area (Å²) in [5, 5.41) is 0. The molecule has 0 spiro atoms. The molecule has 0 aromatic rings. The van der Waals surface area contributed by atoms with Gasteiger partial charge in [0.05, 0.1) is 24.6 Å². The maximum Gasteiger partial charge on any atom is 0.0594 e. The van der Waals surface area contributed by atoms with Crippen molar-refractivity contribution in [3.8, 4) is 0 Å². The van der Waals surface area contributed by atoms with Crippen molar-refractivity contribution in [1.29, 1.82) is 0 Å². The fourth-order valence-corrected chi connectivity index (χ4v) is 9.64. The summed E-state index contributed by atoms with van der Waals surface area (Å²) >= 11 is 0. The summed E-state index contributed by atoms with van der Waals surface area (Å²) in [6.45, 7) is 9.47. The molecule has 0 fully saturated rings. The Morgan fingerprint density at radius 2 is 0.571 bits per heavy atom. The summed E-state index contributed by atoms with van der Waals surface area (Å²) in [6.07, 6.45) is 33.0. The molecule has 172 valence electrons. The Kier molecular flexibility index (Phi) is 26.5. The van der Waals surface area contributed by atoms with Crippen LogP contribution in [-0.4, -0.2) is 24.6 Å². The van der Waals surface area contributed by atoms with Crippen LogP contribution >= 0.6 is 7.26 Å². The number of rotatable bonds is 22. The van der Waals surface area contributed by atoms with Gasteiger partial charge in [-0.1, -0.05) is 111 Å². The van der Waals surface area contributed by atoms with E-state index in [0.717, 1.165) is 0 Å². The van der Waals surface area contributed by atoms with Gasteiger partial charge in [-0.25, -0.2) is 0 Å². The highest BCUT2D eigenvalue weighted by Gasteiger charge is 2.34. The Balaban J connectivity index is 0. The molecule has 0 aromatic heterocycles. The van der Waals surface area contributed by atoms with Crippen LogP contribution in [0, 0.1) is 0 Å². The molecule has 0 aliphatic heterocycles. The molecule has 0 atom stereocenters. The number of unbranched alkanes of at least 4 members (excludes halogenated alkanes) is 14. The SMILES string of the molecule is CCCCCCCCCCCCCC[P+](CCCC)(CCCC)CCCC.[Cl-]. The molecule has 2 heteroatoms. The minimum absolute atomic E-state index is 0. The first-order chi connectivity index (χ1) is 13.2. The first kappa shape index (κ1) is 30.9. The summed E-state index contributed by atoms with van der Waals surface area (Å²) in [4.78, 5) is 0. The van der Waals surface area contributed by atoms with Crippen molar-refractivity contribution in [2.75, 3.05) is 24.6 Å². The van der Waals surface area contributed by atoms with Crippen LogP contribution in [0.2, 0.25) is 0 Å². The van der Waals surface area contributed by atoms with E-state index >= 15 is 0 Å². The molecule has 0 saturated carbocycles. The highest BCUT2D eigenvalue weighted by molar-refractivity contribution is 7.75. The Morgan fingerprint density at radius 1 is 0.321 bits per heavy atom. The van der Waals surface area contributed by atoms with Gasteiger partial charge in [-0.2, -0.15) is 0 Å². The van der Waals surface area contributed by atoms with Crippen LogP contribution in [0.25, 0.3) is 0 Å². The quantitative estimate of drug-likeness (QED) is 0.126. The van der Waals surface area contributed by atoms with Crippen LogP contribution < -0.4 is 12.4 Å². The lowest BCUT2D eigenvalue weighted by Crippen LogP contribution is -3.00. The zero-order valence-corrected chi connectivity index (χ0v) is 22.0. The second-order valence-corrected chi connectivity index (χ2v) is 13.7. The Labute approximate surface area is 187 Å². The molecule has 0 bridgehead atoms. The van der Waals surface area contributed by atoms with E-state index in [9.17, 15) is 0 Å². The van der Waals surface area contributed by atoms with E-state index in [1.54, 1.807) is 31.1 Å². The van der Waals surface area contributed by atoms with E-state index in [4.69, 9.17) is 0 Å². The summed E-state index contributed by atoms with van der Waals surface area (Å²) in [5.41, 5.74) is 0. The largest absolute Gasteiger partial charge is 1.00 e. The van der Waals surface area contributed by atoms with Gasteiger partial charge in [0.1, 0.15) is 0 Å². The topological polar surface area (TPSA) is 0 Å². The average molecular weight is 435 g/mol. The van der Waals surface area contributed by atoms with Crippen LogP contribution in [0.15, 0.2) is 0 Å². The Morgan fingerprint density at radius 3 is 0.893 bits per heavy atom. The Bertz CT molecular complexity index is 258. The van der Waals surface area contributed by atoms with Gasteiger partial charge in [0, 0.05) is 7.26 Å². The predicted octanol–water partition coefficient (Wildman–Crippen LogP) is 7.11. The number of hydrogen-bond donors (Lipinski definition) is 0. The highest BCUT2D eigenvalue weighted by Crippen LogP contribution is 2.61. The van der Waals surface area contributed by atoms with Gasteiger partial charge in [0.2, 0.25) is 0 Å². The molecular formula is C26H56ClP. The monoisotopic (exact) mass is 434 g/mol. The van der Waals surface area contributed by atoms with Crippen molar-refractivity contribution in [1.82, 2.24) is 0 Å². The summed E-state index contributed by atoms with van der Waals surface area (Å²) in [7, 11) is -0.626. The lowest BCUT2D eigenvalue weighted by atomic mass is 10.1. The van der Waals surface area contributed by atoms with Crippen molar-refractivity contribution in [3.63, 3.8) is 0 Å². The minimum Gasteiger partial charge on any atom is -1.00 e. The fourth-order valence-electron chi connectivity index (χ4n) is 4.44. The van der Waals surface area contributed by atoms with E-state index in [1.165, 1.54) is 109 Å². The normalized spacial score (nSPS) is 11.6. The first-order valence-electron chi connectivity index (χ1n) is 13.1. The van der Waals surface area contributed by atoms with Crippen molar-refractivity contribution in [2.45, 2.75) is 143 Å². The van der Waals surface area contributed by atoms with E-state index in [2.05, 4.69) is 27.7 Å². The van der Waals surface area contributed by atoms with Crippen LogP contribution in [-0.2, 0) is 0 Å². The molecular weight excluding hydrogens is 379 g/mol. The molecule has 0 aromatic carbocycles. The van der Waals surface area contributed by atoms with Crippen LogP contribution in [0.4, 0.5) is 0 Å². The smallest absolute Gasteiger partial charge is 0.0594 e. The number of hydrogen-bond acceptors (Lipinski definition) is 0. The maximum atomic E-state index is 2.39. The summed E-state index contributed by atoms with van der Waals surface area (Å²) in [6, 6.07) is 0. The van der Waals surface area contributed by atoms with Gasteiger partial charge in [-0.05, 0) is 32.1 Å². The third-order valence-corrected chi connectivity index (χ3v) is 11.5. The average Bonchev–Trinajstić information content (AvgIpc) is 2.69. The van der Waals surface area contributed by atoms with Gasteiger partial charge in [0.25, 0.3) is 0 Å². The van der Waals surface area contributed by atoms with Crippen LogP contribution in [0.3, 0.4) is 0 Å². The lowest BCUT2D eigenvalue weighted by Gasteiger charge is -2.28. The van der Waals surface area contributed by atoms with Crippen LogP contribution in [0.5, 0.6) is 0 Å². The second-order valence-electron chi connectivity index (χ2n) is 9.19. The van der Waals surface area contributed by atoms with Crippen LogP contribution in [0.1, 0.15) is 143 Å². The van der Waals surface area contributed by atoms with Crippen molar-refractivity contribution in [3.05, 3.63) is 0 Å². The van der Waals surface area contributed by atoms with Gasteiger partial charge in [-0.15, -0.1) is 0 Å². The molecule has 0 aliphatic carbocycles. The zero-order valence-electron chi connectivity index (χ0n) is 20.4. The van der Waals surface area contributed by atoms with Gasteiger partial charge in [-0.3, -0.25) is 0 Å². The standard InChI is InChI=1S/C26H56P.ClH/c1-5-9-13-14-15-16-17-18-19-20-21-22-26-27(23-10-6-2,24-11-7-3)25-12-8-4;/h5-26H2,1-4H3;1H/q+1;/p-1. The fraction of sp³-hybridized carbons (Fsp3) is 1.00. The highest BCUT2D eigenvalue weighted by atomic mass is 35.5. The second kappa shape index (κ2) is 24.0. The van der Waals surface area contributed by atoms with Gasteiger partial charge < -0.3 is 12.4 Å². The van der Waals surface area contributed by atoms with Gasteiger partial charge in [0.15, 0.2) is 0 Å². The zero-order chi connectivity index (χ0) is 20.1. The lowest BCUT2D eigenvalue weighted by molar-refractivity contribution is -0.00000623. The van der Waals surface area contributed by atoms with E-state index in [0.29, 0.717) is 0 Å².